The summed E-state index contributed by atoms with van der Waals surface area (Å²) in [7, 11) is 0. The number of aromatic nitrogens is 4. The topological polar surface area (TPSA) is 99.0 Å². The van der Waals surface area contributed by atoms with Crippen molar-refractivity contribution in [2.45, 2.75) is 19.4 Å². The third-order valence-corrected chi connectivity index (χ3v) is 3.79. The van der Waals surface area contributed by atoms with E-state index in [2.05, 4.69) is 20.3 Å². The van der Waals surface area contributed by atoms with Crippen molar-refractivity contribution in [1.82, 2.24) is 24.8 Å². The molecule has 0 aliphatic rings. The van der Waals surface area contributed by atoms with Crippen LogP contribution in [-0.4, -0.2) is 44.0 Å². The predicted octanol–water partition coefficient (Wildman–Crippen LogP) is 1.57. The van der Waals surface area contributed by atoms with E-state index >= 15 is 0 Å². The zero-order chi connectivity index (χ0) is 19.1. The number of hydrogen-bond donors (Lipinski definition) is 1. The predicted molar refractivity (Wildman–Crippen MR) is 97.2 cm³/mol. The molecule has 0 bridgehead atoms. The van der Waals surface area contributed by atoms with Crippen molar-refractivity contribution in [2.75, 3.05) is 6.61 Å². The fourth-order valence-electron chi connectivity index (χ4n) is 2.47. The highest BCUT2D eigenvalue weighted by atomic mass is 16.5. The summed E-state index contributed by atoms with van der Waals surface area (Å²) in [5.41, 5.74) is 1.03. The largest absolute Gasteiger partial charge is 0.464 e. The molecular formula is C19H19N5O3. The fourth-order valence-corrected chi connectivity index (χ4v) is 2.47. The SMILES string of the molecule is CCOC(=O)[C@H](Cc1ccccn1)NC(=O)c1ccc(-n2ccnc2)nc1. The van der Waals surface area contributed by atoms with Crippen LogP contribution < -0.4 is 5.32 Å². The zero-order valence-electron chi connectivity index (χ0n) is 14.8. The summed E-state index contributed by atoms with van der Waals surface area (Å²) in [4.78, 5) is 37.2. The van der Waals surface area contributed by atoms with Crippen LogP contribution in [0.3, 0.4) is 0 Å². The van der Waals surface area contributed by atoms with Gasteiger partial charge in [-0.3, -0.25) is 14.3 Å². The molecule has 8 nitrogen and oxygen atoms in total. The Morgan fingerprint density at radius 3 is 2.70 bits per heavy atom. The van der Waals surface area contributed by atoms with Crippen LogP contribution in [0.25, 0.3) is 5.82 Å². The van der Waals surface area contributed by atoms with Crippen molar-refractivity contribution in [1.29, 1.82) is 0 Å². The molecule has 0 aliphatic heterocycles. The first kappa shape index (κ1) is 18.2. The minimum Gasteiger partial charge on any atom is -0.464 e. The lowest BCUT2D eigenvalue weighted by Crippen LogP contribution is -2.43. The molecule has 1 amide bonds. The van der Waals surface area contributed by atoms with Gasteiger partial charge in [-0.2, -0.15) is 0 Å². The molecule has 0 aromatic carbocycles. The van der Waals surface area contributed by atoms with Gasteiger partial charge in [0.15, 0.2) is 0 Å². The Balaban J connectivity index is 1.72. The quantitative estimate of drug-likeness (QED) is 0.638. The Labute approximate surface area is 156 Å². The van der Waals surface area contributed by atoms with E-state index in [9.17, 15) is 9.59 Å². The summed E-state index contributed by atoms with van der Waals surface area (Å²) < 4.78 is 6.80. The number of pyridine rings is 2. The van der Waals surface area contributed by atoms with Gasteiger partial charge in [-0.15, -0.1) is 0 Å². The van der Waals surface area contributed by atoms with Crippen LogP contribution in [0, 0.1) is 0 Å². The zero-order valence-corrected chi connectivity index (χ0v) is 14.8. The lowest BCUT2D eigenvalue weighted by atomic mass is 10.1. The Kier molecular flexibility index (Phi) is 5.88. The fraction of sp³-hybridized carbons (Fsp3) is 0.211. The summed E-state index contributed by atoms with van der Waals surface area (Å²) in [6.45, 7) is 1.95. The van der Waals surface area contributed by atoms with E-state index in [-0.39, 0.29) is 13.0 Å². The van der Waals surface area contributed by atoms with Crippen LogP contribution >= 0.6 is 0 Å². The highest BCUT2D eigenvalue weighted by Gasteiger charge is 2.23. The van der Waals surface area contributed by atoms with E-state index < -0.39 is 17.9 Å². The number of amides is 1. The summed E-state index contributed by atoms with van der Waals surface area (Å²) in [5, 5.41) is 2.71. The molecule has 0 radical (unpaired) electrons. The first-order valence-electron chi connectivity index (χ1n) is 8.49. The van der Waals surface area contributed by atoms with Crippen molar-refractivity contribution in [3.05, 3.63) is 72.7 Å². The minimum atomic E-state index is -0.833. The van der Waals surface area contributed by atoms with Gasteiger partial charge < -0.3 is 10.1 Å². The molecule has 138 valence electrons. The molecule has 0 unspecified atom stereocenters. The van der Waals surface area contributed by atoms with Gasteiger partial charge in [0, 0.05) is 36.9 Å². The molecule has 1 atom stereocenters. The molecule has 27 heavy (non-hydrogen) atoms. The summed E-state index contributed by atoms with van der Waals surface area (Å²) in [6, 6.07) is 7.91. The van der Waals surface area contributed by atoms with Crippen LogP contribution in [0.1, 0.15) is 23.0 Å². The van der Waals surface area contributed by atoms with Gasteiger partial charge in [0.05, 0.1) is 12.2 Å². The van der Waals surface area contributed by atoms with Crippen LogP contribution in [0.4, 0.5) is 0 Å². The van der Waals surface area contributed by atoms with Gasteiger partial charge in [0.2, 0.25) is 0 Å². The summed E-state index contributed by atoms with van der Waals surface area (Å²) >= 11 is 0. The van der Waals surface area contributed by atoms with Crippen LogP contribution in [0.5, 0.6) is 0 Å². The van der Waals surface area contributed by atoms with E-state index in [0.717, 1.165) is 0 Å². The van der Waals surface area contributed by atoms with Crippen molar-refractivity contribution < 1.29 is 14.3 Å². The van der Waals surface area contributed by atoms with E-state index in [1.807, 2.05) is 6.07 Å². The number of nitrogens with zero attached hydrogens (tertiary/aromatic N) is 4. The number of imidazole rings is 1. The Morgan fingerprint density at radius 1 is 1.19 bits per heavy atom. The van der Waals surface area contributed by atoms with E-state index in [4.69, 9.17) is 4.74 Å². The number of ether oxygens (including phenoxy) is 1. The minimum absolute atomic E-state index is 0.231. The number of rotatable bonds is 7. The maximum absolute atomic E-state index is 12.6. The Bertz CT molecular complexity index is 879. The molecule has 3 heterocycles. The number of carbonyl (C=O) groups excluding carboxylic acids is 2. The number of carbonyl (C=O) groups is 2. The van der Waals surface area contributed by atoms with Crippen molar-refractivity contribution in [3.8, 4) is 5.82 Å². The standard InChI is InChI=1S/C19H19N5O3/c1-2-27-19(26)16(11-15-5-3-4-8-21-15)23-18(25)14-6-7-17(22-12-14)24-10-9-20-13-24/h3-10,12-13,16H,2,11H2,1H3,(H,23,25)/t16-/m0/s1. The van der Waals surface area contributed by atoms with Crippen molar-refractivity contribution in [2.24, 2.45) is 0 Å². The second-order valence-electron chi connectivity index (χ2n) is 5.68. The lowest BCUT2D eigenvalue weighted by Gasteiger charge is -2.17. The van der Waals surface area contributed by atoms with Crippen LogP contribution in [0.15, 0.2) is 61.4 Å². The number of esters is 1. The average molecular weight is 365 g/mol. The van der Waals surface area contributed by atoms with Crippen LogP contribution in [-0.2, 0) is 16.0 Å². The molecule has 3 aromatic rings. The Morgan fingerprint density at radius 2 is 2.07 bits per heavy atom. The third-order valence-electron chi connectivity index (χ3n) is 3.79. The normalized spacial score (nSPS) is 11.6. The van der Waals surface area contributed by atoms with E-state index in [0.29, 0.717) is 17.1 Å². The lowest BCUT2D eigenvalue weighted by molar-refractivity contribution is -0.145. The Hall–Kier alpha value is -3.55. The highest BCUT2D eigenvalue weighted by molar-refractivity contribution is 5.96. The molecule has 0 spiro atoms. The molecule has 3 rings (SSSR count). The van der Waals surface area contributed by atoms with Gasteiger partial charge in [0.25, 0.3) is 5.91 Å². The maximum atomic E-state index is 12.6. The van der Waals surface area contributed by atoms with Crippen molar-refractivity contribution >= 4 is 11.9 Å². The number of hydrogen-bond acceptors (Lipinski definition) is 6. The van der Waals surface area contributed by atoms with Crippen molar-refractivity contribution in [3.63, 3.8) is 0 Å². The second kappa shape index (κ2) is 8.70. The smallest absolute Gasteiger partial charge is 0.329 e. The molecule has 0 fully saturated rings. The monoisotopic (exact) mass is 365 g/mol. The van der Waals surface area contributed by atoms with Gasteiger partial charge in [0.1, 0.15) is 18.2 Å². The van der Waals surface area contributed by atoms with Gasteiger partial charge >= 0.3 is 5.97 Å². The highest BCUT2D eigenvalue weighted by Crippen LogP contribution is 2.07. The van der Waals surface area contributed by atoms with Gasteiger partial charge in [-0.05, 0) is 31.2 Å². The molecule has 0 saturated carbocycles. The third kappa shape index (κ3) is 4.75. The molecule has 1 N–H and O–H groups in total. The first-order valence-corrected chi connectivity index (χ1v) is 8.49. The summed E-state index contributed by atoms with van der Waals surface area (Å²) in [5.74, 6) is -0.271. The molecular weight excluding hydrogens is 346 g/mol. The average Bonchev–Trinajstić information content (AvgIpc) is 3.23. The van der Waals surface area contributed by atoms with E-state index in [1.165, 1.54) is 6.20 Å². The molecule has 0 aliphatic carbocycles. The molecule has 0 saturated heterocycles. The molecule has 8 heteroatoms. The van der Waals surface area contributed by atoms with Crippen LogP contribution in [0.2, 0.25) is 0 Å². The first-order chi connectivity index (χ1) is 13.2. The number of nitrogens with one attached hydrogen (secondary N) is 1. The van der Waals surface area contributed by atoms with Gasteiger partial charge in [-0.25, -0.2) is 14.8 Å². The second-order valence-corrected chi connectivity index (χ2v) is 5.68. The summed E-state index contributed by atoms with van der Waals surface area (Å²) in [6.07, 6.45) is 8.35. The van der Waals surface area contributed by atoms with Gasteiger partial charge in [-0.1, -0.05) is 6.07 Å². The molecule has 3 aromatic heterocycles. The van der Waals surface area contributed by atoms with E-state index in [1.54, 1.807) is 60.7 Å². The maximum Gasteiger partial charge on any atom is 0.329 e.